The molecule has 1 rings (SSSR count). The molecular weight excluding hydrogens is 242 g/mol. The first-order valence-corrected chi connectivity index (χ1v) is 6.74. The van der Waals surface area contributed by atoms with E-state index >= 15 is 0 Å². The molecule has 0 unspecified atom stereocenters. The molecule has 5 nitrogen and oxygen atoms in total. The summed E-state index contributed by atoms with van der Waals surface area (Å²) in [4.78, 5) is 10.2. The van der Waals surface area contributed by atoms with Crippen LogP contribution >= 0.6 is 0 Å². The molecule has 0 aliphatic carbocycles. The Morgan fingerprint density at radius 1 is 1.00 bits per heavy atom. The molecule has 0 atom stereocenters. The molecule has 106 valence electrons. The van der Waals surface area contributed by atoms with E-state index in [1.54, 1.807) is 0 Å². The van der Waals surface area contributed by atoms with E-state index in [9.17, 15) is 4.79 Å². The molecule has 0 radical (unpaired) electrons. The minimum Gasteiger partial charge on any atom is -0.465 e. The van der Waals surface area contributed by atoms with Crippen molar-refractivity contribution in [3.63, 3.8) is 0 Å². The summed E-state index contributed by atoms with van der Waals surface area (Å²) in [6, 6.07) is 7.73. The van der Waals surface area contributed by atoms with Crippen LogP contribution in [0.5, 0.6) is 0 Å². The SMILES string of the molecule is Nc1ccc(NCCCCCCCNC(=O)O)cc1. The van der Waals surface area contributed by atoms with Gasteiger partial charge < -0.3 is 21.5 Å². The first kappa shape index (κ1) is 15.1. The number of unbranched alkanes of at least 4 members (excludes halogenated alkanes) is 4. The molecule has 0 bridgehead atoms. The number of nitrogens with two attached hydrogens (primary N) is 1. The summed E-state index contributed by atoms with van der Waals surface area (Å²) in [6.07, 6.45) is 4.48. The molecule has 5 N–H and O–H groups in total. The Bertz CT molecular complexity index is 365. The fraction of sp³-hybridized carbons (Fsp3) is 0.500. The van der Waals surface area contributed by atoms with E-state index in [1.165, 1.54) is 0 Å². The van der Waals surface area contributed by atoms with Gasteiger partial charge in [0.15, 0.2) is 0 Å². The minimum absolute atomic E-state index is 0.555. The van der Waals surface area contributed by atoms with Gasteiger partial charge in [-0.25, -0.2) is 4.79 Å². The molecule has 1 aromatic rings. The van der Waals surface area contributed by atoms with Crippen LogP contribution in [0, 0.1) is 0 Å². The number of hydrogen-bond donors (Lipinski definition) is 4. The summed E-state index contributed by atoms with van der Waals surface area (Å²) >= 11 is 0. The van der Waals surface area contributed by atoms with Gasteiger partial charge in [0.2, 0.25) is 0 Å². The summed E-state index contributed by atoms with van der Waals surface area (Å²) < 4.78 is 0. The van der Waals surface area contributed by atoms with E-state index in [-0.39, 0.29) is 0 Å². The van der Waals surface area contributed by atoms with Gasteiger partial charge in [-0.2, -0.15) is 0 Å². The number of anilines is 2. The molecule has 19 heavy (non-hydrogen) atoms. The first-order valence-electron chi connectivity index (χ1n) is 6.74. The normalized spacial score (nSPS) is 10.1. The Morgan fingerprint density at radius 3 is 2.21 bits per heavy atom. The van der Waals surface area contributed by atoms with Crippen molar-refractivity contribution in [2.75, 3.05) is 24.1 Å². The highest BCUT2D eigenvalue weighted by molar-refractivity contribution is 5.64. The lowest BCUT2D eigenvalue weighted by Gasteiger charge is -2.06. The van der Waals surface area contributed by atoms with Gasteiger partial charge in [0.05, 0.1) is 0 Å². The third-order valence-electron chi connectivity index (χ3n) is 2.87. The van der Waals surface area contributed by atoms with Crippen molar-refractivity contribution in [2.45, 2.75) is 32.1 Å². The van der Waals surface area contributed by atoms with Crippen LogP contribution in [0.1, 0.15) is 32.1 Å². The van der Waals surface area contributed by atoms with Crippen LogP contribution in [0.25, 0.3) is 0 Å². The van der Waals surface area contributed by atoms with Gasteiger partial charge in [0.25, 0.3) is 0 Å². The number of amides is 1. The van der Waals surface area contributed by atoms with E-state index in [0.717, 1.165) is 50.0 Å². The van der Waals surface area contributed by atoms with Crippen LogP contribution in [-0.4, -0.2) is 24.3 Å². The third-order valence-corrected chi connectivity index (χ3v) is 2.87. The average molecular weight is 265 g/mol. The molecule has 0 spiro atoms. The maximum absolute atomic E-state index is 10.2. The van der Waals surface area contributed by atoms with Crippen molar-refractivity contribution in [1.29, 1.82) is 0 Å². The molecule has 1 aromatic carbocycles. The van der Waals surface area contributed by atoms with Crippen molar-refractivity contribution in [3.05, 3.63) is 24.3 Å². The van der Waals surface area contributed by atoms with Gasteiger partial charge in [-0.1, -0.05) is 19.3 Å². The highest BCUT2D eigenvalue weighted by Gasteiger charge is 1.95. The summed E-state index contributed by atoms with van der Waals surface area (Å²) in [5.41, 5.74) is 7.49. The van der Waals surface area contributed by atoms with E-state index < -0.39 is 6.09 Å². The predicted molar refractivity (Wildman–Crippen MR) is 78.5 cm³/mol. The Labute approximate surface area is 114 Å². The van der Waals surface area contributed by atoms with Crippen molar-refractivity contribution >= 4 is 17.5 Å². The molecule has 0 aliphatic rings. The average Bonchev–Trinajstić information content (AvgIpc) is 2.38. The minimum atomic E-state index is -0.937. The number of carboxylic acid groups (broad SMARTS) is 1. The maximum Gasteiger partial charge on any atom is 0.404 e. The molecule has 0 fully saturated rings. The van der Waals surface area contributed by atoms with Gasteiger partial charge in [-0.05, 0) is 37.1 Å². The smallest absolute Gasteiger partial charge is 0.404 e. The molecule has 1 amide bonds. The van der Waals surface area contributed by atoms with Crippen LogP contribution in [0.2, 0.25) is 0 Å². The second kappa shape index (κ2) is 9.08. The van der Waals surface area contributed by atoms with E-state index in [1.807, 2.05) is 24.3 Å². The summed E-state index contributed by atoms with van der Waals surface area (Å²) in [5, 5.41) is 14.1. The van der Waals surface area contributed by atoms with E-state index in [2.05, 4.69) is 10.6 Å². The fourth-order valence-corrected chi connectivity index (χ4v) is 1.81. The predicted octanol–water partition coefficient (Wildman–Crippen LogP) is 2.90. The van der Waals surface area contributed by atoms with Crippen LogP contribution in [-0.2, 0) is 0 Å². The number of carbonyl (C=O) groups is 1. The molecule has 0 saturated carbocycles. The summed E-state index contributed by atoms with van der Waals surface area (Å²) in [7, 11) is 0. The number of rotatable bonds is 9. The van der Waals surface area contributed by atoms with Crippen LogP contribution < -0.4 is 16.4 Å². The second-order valence-corrected chi connectivity index (χ2v) is 4.55. The lowest BCUT2D eigenvalue weighted by atomic mass is 10.1. The first-order chi connectivity index (χ1) is 9.18. The van der Waals surface area contributed by atoms with Gasteiger partial charge in [-0.15, -0.1) is 0 Å². The van der Waals surface area contributed by atoms with Crippen molar-refractivity contribution < 1.29 is 9.90 Å². The Hall–Kier alpha value is -1.91. The Balaban J connectivity index is 1.91. The number of benzene rings is 1. The molecule has 0 aliphatic heterocycles. The van der Waals surface area contributed by atoms with Gasteiger partial charge in [0, 0.05) is 24.5 Å². The van der Waals surface area contributed by atoms with Crippen molar-refractivity contribution in [3.8, 4) is 0 Å². The molecule has 0 saturated heterocycles. The number of nitrogens with one attached hydrogen (secondary N) is 2. The number of hydrogen-bond acceptors (Lipinski definition) is 3. The zero-order chi connectivity index (χ0) is 13.9. The maximum atomic E-state index is 10.2. The topological polar surface area (TPSA) is 87.4 Å². The molecule has 0 heterocycles. The standard InChI is InChI=1S/C14H23N3O2/c15-12-6-8-13(9-7-12)16-10-4-2-1-3-5-11-17-14(18)19/h6-9,16-17H,1-5,10-11,15H2,(H,18,19). The number of nitrogen functional groups attached to an aromatic ring is 1. The summed E-state index contributed by atoms with van der Waals surface area (Å²) in [5.74, 6) is 0. The van der Waals surface area contributed by atoms with Crippen molar-refractivity contribution in [2.24, 2.45) is 0 Å². The third kappa shape index (κ3) is 7.91. The van der Waals surface area contributed by atoms with Crippen LogP contribution in [0.4, 0.5) is 16.2 Å². The quantitative estimate of drug-likeness (QED) is 0.408. The Kier molecular flexibility index (Phi) is 7.24. The fourth-order valence-electron chi connectivity index (χ4n) is 1.81. The molecule has 5 heteroatoms. The van der Waals surface area contributed by atoms with Gasteiger partial charge >= 0.3 is 6.09 Å². The van der Waals surface area contributed by atoms with E-state index in [4.69, 9.17) is 10.8 Å². The largest absolute Gasteiger partial charge is 0.465 e. The molecule has 0 aromatic heterocycles. The van der Waals surface area contributed by atoms with Gasteiger partial charge in [0.1, 0.15) is 0 Å². The van der Waals surface area contributed by atoms with Crippen molar-refractivity contribution in [1.82, 2.24) is 5.32 Å². The lowest BCUT2D eigenvalue weighted by Crippen LogP contribution is -2.21. The highest BCUT2D eigenvalue weighted by Crippen LogP contribution is 2.11. The molecular formula is C14H23N3O2. The zero-order valence-electron chi connectivity index (χ0n) is 11.2. The zero-order valence-corrected chi connectivity index (χ0v) is 11.2. The summed E-state index contributed by atoms with van der Waals surface area (Å²) in [6.45, 7) is 1.51. The Morgan fingerprint density at radius 2 is 1.58 bits per heavy atom. The monoisotopic (exact) mass is 265 g/mol. The van der Waals surface area contributed by atoms with Crippen LogP contribution in [0.3, 0.4) is 0 Å². The second-order valence-electron chi connectivity index (χ2n) is 4.55. The van der Waals surface area contributed by atoms with E-state index in [0.29, 0.717) is 6.54 Å². The van der Waals surface area contributed by atoms with Gasteiger partial charge in [-0.3, -0.25) is 0 Å². The highest BCUT2D eigenvalue weighted by atomic mass is 16.4. The lowest BCUT2D eigenvalue weighted by molar-refractivity contribution is 0.194. The van der Waals surface area contributed by atoms with Crippen LogP contribution in [0.15, 0.2) is 24.3 Å².